The van der Waals surface area contributed by atoms with Crippen molar-refractivity contribution >= 4 is 5.91 Å². The Balaban J connectivity index is 1.45. The monoisotopic (exact) mass is 355 g/mol. The summed E-state index contributed by atoms with van der Waals surface area (Å²) in [6, 6.07) is 8.44. The first kappa shape index (κ1) is 18.6. The lowest BCUT2D eigenvalue weighted by Crippen LogP contribution is -2.42. The number of imidazole rings is 1. The molecule has 1 aliphatic rings. The third-order valence-corrected chi connectivity index (χ3v) is 4.79. The van der Waals surface area contributed by atoms with Crippen molar-refractivity contribution in [1.82, 2.24) is 25.1 Å². The van der Waals surface area contributed by atoms with Crippen LogP contribution in [0.3, 0.4) is 0 Å². The maximum Gasteiger partial charge on any atom is 0.239 e. The number of hydrogen-bond donors (Lipinski definition) is 2. The van der Waals surface area contributed by atoms with E-state index in [0.717, 1.165) is 50.7 Å². The van der Waals surface area contributed by atoms with Crippen LogP contribution in [0.1, 0.15) is 22.6 Å². The van der Waals surface area contributed by atoms with Gasteiger partial charge in [-0.05, 0) is 25.8 Å². The van der Waals surface area contributed by atoms with E-state index in [0.29, 0.717) is 13.1 Å². The highest BCUT2D eigenvalue weighted by Crippen LogP contribution is 2.07. The van der Waals surface area contributed by atoms with E-state index in [2.05, 4.69) is 51.7 Å². The zero-order valence-corrected chi connectivity index (χ0v) is 15.8. The highest BCUT2D eigenvalue weighted by Gasteiger charge is 2.13. The second-order valence-electron chi connectivity index (χ2n) is 7.02. The van der Waals surface area contributed by atoms with Gasteiger partial charge in [0.1, 0.15) is 12.4 Å². The Morgan fingerprint density at radius 1 is 1.19 bits per heavy atom. The number of benzene rings is 1. The van der Waals surface area contributed by atoms with Gasteiger partial charge in [-0.25, -0.2) is 4.98 Å². The molecule has 2 N–H and O–H groups in total. The van der Waals surface area contributed by atoms with Gasteiger partial charge in [-0.3, -0.25) is 9.69 Å². The van der Waals surface area contributed by atoms with E-state index in [1.165, 1.54) is 11.1 Å². The number of nitrogens with one attached hydrogen (secondary N) is 2. The van der Waals surface area contributed by atoms with Crippen molar-refractivity contribution in [3.63, 3.8) is 0 Å². The Bertz CT molecular complexity index is 716. The average Bonchev–Trinajstić information content (AvgIpc) is 2.96. The molecule has 0 bridgehead atoms. The van der Waals surface area contributed by atoms with Crippen LogP contribution in [0.2, 0.25) is 0 Å². The summed E-state index contributed by atoms with van der Waals surface area (Å²) in [7, 11) is 0. The van der Waals surface area contributed by atoms with Gasteiger partial charge in [-0.15, -0.1) is 0 Å². The maximum absolute atomic E-state index is 12.2. The van der Waals surface area contributed by atoms with E-state index < -0.39 is 0 Å². The van der Waals surface area contributed by atoms with Gasteiger partial charge >= 0.3 is 0 Å². The number of hydrogen-bond acceptors (Lipinski definition) is 4. The molecule has 140 valence electrons. The van der Waals surface area contributed by atoms with E-state index in [1.807, 2.05) is 17.7 Å². The van der Waals surface area contributed by atoms with Gasteiger partial charge in [-0.2, -0.15) is 0 Å². The zero-order chi connectivity index (χ0) is 18.4. The van der Waals surface area contributed by atoms with E-state index in [1.54, 1.807) is 0 Å². The predicted molar refractivity (Wildman–Crippen MR) is 103 cm³/mol. The van der Waals surface area contributed by atoms with Crippen molar-refractivity contribution in [1.29, 1.82) is 0 Å². The Kier molecular flexibility index (Phi) is 6.41. The van der Waals surface area contributed by atoms with Gasteiger partial charge in [0, 0.05) is 45.5 Å². The molecular weight excluding hydrogens is 326 g/mol. The van der Waals surface area contributed by atoms with Crippen molar-refractivity contribution in [3.05, 3.63) is 53.1 Å². The van der Waals surface area contributed by atoms with Crippen LogP contribution in [0.4, 0.5) is 0 Å². The lowest BCUT2D eigenvalue weighted by molar-refractivity contribution is -0.121. The van der Waals surface area contributed by atoms with Crippen molar-refractivity contribution < 1.29 is 4.79 Å². The van der Waals surface area contributed by atoms with Crippen LogP contribution in [-0.4, -0.2) is 53.1 Å². The molecule has 2 aromatic rings. The minimum absolute atomic E-state index is 0.0336. The second-order valence-corrected chi connectivity index (χ2v) is 7.02. The Hall–Kier alpha value is -2.18. The lowest BCUT2D eigenvalue weighted by Gasteiger charge is -2.26. The predicted octanol–water partition coefficient (Wildman–Crippen LogP) is 1.26. The molecule has 2 heterocycles. The summed E-state index contributed by atoms with van der Waals surface area (Å²) in [6.07, 6.45) is 2.86. The van der Waals surface area contributed by atoms with Gasteiger partial charge in [0.05, 0.1) is 5.69 Å². The number of carbonyl (C=O) groups excluding carboxylic acids is 1. The molecule has 1 amide bonds. The van der Waals surface area contributed by atoms with Crippen LogP contribution in [0.15, 0.2) is 30.5 Å². The topological polar surface area (TPSA) is 62.2 Å². The van der Waals surface area contributed by atoms with Crippen molar-refractivity contribution in [3.8, 4) is 0 Å². The van der Waals surface area contributed by atoms with Gasteiger partial charge in [0.2, 0.25) is 5.91 Å². The standard InChI is InChI=1S/C20H29N5O/c1-16-3-5-18(6-4-16)7-8-22-20(26)15-25-14-19(23-17(25)2)13-24-11-9-21-10-12-24/h3-6,14,21H,7-13,15H2,1-2H3,(H,22,26). The first-order valence-corrected chi connectivity index (χ1v) is 9.38. The third-order valence-electron chi connectivity index (χ3n) is 4.79. The van der Waals surface area contributed by atoms with Crippen LogP contribution >= 0.6 is 0 Å². The van der Waals surface area contributed by atoms with E-state index in [-0.39, 0.29) is 5.91 Å². The molecule has 6 heteroatoms. The fourth-order valence-electron chi connectivity index (χ4n) is 3.22. The smallest absolute Gasteiger partial charge is 0.239 e. The molecule has 1 saturated heterocycles. The van der Waals surface area contributed by atoms with Crippen LogP contribution in [0.25, 0.3) is 0 Å². The SMILES string of the molecule is Cc1ccc(CCNC(=O)Cn2cc(CN3CCNCC3)nc2C)cc1. The molecule has 0 aliphatic carbocycles. The van der Waals surface area contributed by atoms with E-state index >= 15 is 0 Å². The molecule has 26 heavy (non-hydrogen) atoms. The molecule has 0 radical (unpaired) electrons. The number of carbonyl (C=O) groups is 1. The normalized spacial score (nSPS) is 15.2. The zero-order valence-electron chi connectivity index (χ0n) is 15.8. The summed E-state index contributed by atoms with van der Waals surface area (Å²) in [5, 5.41) is 6.36. The van der Waals surface area contributed by atoms with Crippen LogP contribution in [0, 0.1) is 13.8 Å². The fourth-order valence-corrected chi connectivity index (χ4v) is 3.22. The van der Waals surface area contributed by atoms with Crippen LogP contribution in [-0.2, 0) is 24.3 Å². The first-order valence-electron chi connectivity index (χ1n) is 9.38. The second kappa shape index (κ2) is 8.96. The molecule has 0 saturated carbocycles. The van der Waals surface area contributed by atoms with Crippen LogP contribution in [0.5, 0.6) is 0 Å². The molecule has 3 rings (SSSR count). The summed E-state index contributed by atoms with van der Waals surface area (Å²) < 4.78 is 1.94. The number of piperazine rings is 1. The number of amides is 1. The Morgan fingerprint density at radius 3 is 2.65 bits per heavy atom. The number of aryl methyl sites for hydroxylation is 2. The van der Waals surface area contributed by atoms with Gasteiger partial charge in [0.25, 0.3) is 0 Å². The lowest BCUT2D eigenvalue weighted by atomic mass is 10.1. The molecular formula is C20H29N5O. The summed E-state index contributed by atoms with van der Waals surface area (Å²) >= 11 is 0. The molecule has 0 spiro atoms. The summed E-state index contributed by atoms with van der Waals surface area (Å²) in [4.78, 5) is 19.2. The molecule has 0 unspecified atom stereocenters. The van der Waals surface area contributed by atoms with Gasteiger partial charge in [0.15, 0.2) is 0 Å². The van der Waals surface area contributed by atoms with E-state index in [4.69, 9.17) is 0 Å². The Morgan fingerprint density at radius 2 is 1.92 bits per heavy atom. The molecule has 1 aromatic heterocycles. The summed E-state index contributed by atoms with van der Waals surface area (Å²) in [5.74, 6) is 0.926. The Labute approximate surface area is 155 Å². The number of nitrogens with zero attached hydrogens (tertiary/aromatic N) is 3. The minimum atomic E-state index is 0.0336. The summed E-state index contributed by atoms with van der Waals surface area (Å²) in [6.45, 7) is 10.0. The fraction of sp³-hybridized carbons (Fsp3) is 0.500. The van der Waals surface area contributed by atoms with Crippen molar-refractivity contribution in [2.75, 3.05) is 32.7 Å². The summed E-state index contributed by atoms with van der Waals surface area (Å²) in [5.41, 5.74) is 3.54. The third kappa shape index (κ3) is 5.41. The minimum Gasteiger partial charge on any atom is -0.354 e. The molecule has 1 aliphatic heterocycles. The van der Waals surface area contributed by atoms with E-state index in [9.17, 15) is 4.79 Å². The van der Waals surface area contributed by atoms with Crippen molar-refractivity contribution in [2.24, 2.45) is 0 Å². The van der Waals surface area contributed by atoms with Gasteiger partial charge < -0.3 is 15.2 Å². The highest BCUT2D eigenvalue weighted by atomic mass is 16.1. The molecule has 6 nitrogen and oxygen atoms in total. The molecule has 0 atom stereocenters. The highest BCUT2D eigenvalue weighted by molar-refractivity contribution is 5.75. The van der Waals surface area contributed by atoms with Gasteiger partial charge in [-0.1, -0.05) is 29.8 Å². The average molecular weight is 355 g/mol. The maximum atomic E-state index is 12.2. The number of aromatic nitrogens is 2. The molecule has 1 aromatic carbocycles. The first-order chi connectivity index (χ1) is 12.6. The van der Waals surface area contributed by atoms with Crippen LogP contribution < -0.4 is 10.6 Å². The quantitative estimate of drug-likeness (QED) is 0.785. The largest absolute Gasteiger partial charge is 0.354 e. The molecule has 1 fully saturated rings. The number of rotatable bonds is 7. The van der Waals surface area contributed by atoms with Crippen molar-refractivity contribution in [2.45, 2.75) is 33.4 Å².